The summed E-state index contributed by atoms with van der Waals surface area (Å²) in [4.78, 5) is 25.5. The van der Waals surface area contributed by atoms with Crippen molar-refractivity contribution in [2.45, 2.75) is 309 Å². The standard InChI is InChI=1S/C61H112O5/c1-4-7-10-13-16-19-22-24-26-28-30-32-34-36-38-41-44-47-50-53-56-64-57-59(66-61(63)55-52-49-46-43-39-21-18-15-12-9-6-3)58-65-60(62)54-51-48-45-42-40-37-35-33-31-29-27-25-23-20-17-14-11-8-5-2/h7,10,16,19,24,26,30,32,59H,4-6,8-9,11-15,17-18,20-23,25,27-29,31,33-58H2,1-3H3/b10-7-,19-16-,26-24-,32-30-. The summed E-state index contributed by atoms with van der Waals surface area (Å²) in [6, 6.07) is 0. The SMILES string of the molecule is CC/C=C\C/C=C\C/C=C\C/C=C\CCCCCCCCCOCC(COC(=O)CCCCCCCCCCCCCCCCCCCCC)OC(=O)CCCCCCCCCCCCC. The Morgan fingerprint density at radius 3 is 1.09 bits per heavy atom. The smallest absolute Gasteiger partial charge is 0.306 e. The van der Waals surface area contributed by atoms with Crippen molar-refractivity contribution in [3.05, 3.63) is 48.6 Å². The monoisotopic (exact) mass is 925 g/mol. The molecule has 0 aliphatic rings. The van der Waals surface area contributed by atoms with Crippen molar-refractivity contribution < 1.29 is 23.8 Å². The molecule has 0 N–H and O–H groups in total. The zero-order chi connectivity index (χ0) is 47.7. The van der Waals surface area contributed by atoms with Gasteiger partial charge in [-0.05, 0) is 57.8 Å². The summed E-state index contributed by atoms with van der Waals surface area (Å²) in [7, 11) is 0. The van der Waals surface area contributed by atoms with Crippen molar-refractivity contribution in [3.63, 3.8) is 0 Å². The molecule has 0 spiro atoms. The molecule has 0 aromatic carbocycles. The molecule has 386 valence electrons. The first-order valence-electron chi connectivity index (χ1n) is 29.2. The lowest BCUT2D eigenvalue weighted by Gasteiger charge is -2.18. The molecule has 0 aromatic heterocycles. The predicted octanol–water partition coefficient (Wildman–Crippen LogP) is 19.9. The van der Waals surface area contributed by atoms with E-state index in [9.17, 15) is 9.59 Å². The fourth-order valence-corrected chi connectivity index (χ4v) is 8.56. The summed E-state index contributed by atoms with van der Waals surface area (Å²) in [5.74, 6) is -0.386. The van der Waals surface area contributed by atoms with Crippen LogP contribution >= 0.6 is 0 Å². The van der Waals surface area contributed by atoms with Crippen molar-refractivity contribution in [1.82, 2.24) is 0 Å². The lowest BCUT2D eigenvalue weighted by atomic mass is 10.0. The predicted molar refractivity (Wildman–Crippen MR) is 288 cm³/mol. The number of allylic oxidation sites excluding steroid dienone is 8. The topological polar surface area (TPSA) is 61.8 Å². The van der Waals surface area contributed by atoms with E-state index in [1.165, 1.54) is 205 Å². The third-order valence-electron chi connectivity index (χ3n) is 12.9. The molecule has 0 rings (SSSR count). The van der Waals surface area contributed by atoms with Gasteiger partial charge in [-0.3, -0.25) is 9.59 Å². The van der Waals surface area contributed by atoms with Gasteiger partial charge in [0.15, 0.2) is 6.10 Å². The Balaban J connectivity index is 4.18. The lowest BCUT2D eigenvalue weighted by molar-refractivity contribution is -0.163. The van der Waals surface area contributed by atoms with Gasteiger partial charge < -0.3 is 14.2 Å². The molecular weight excluding hydrogens is 813 g/mol. The molecule has 1 unspecified atom stereocenters. The average molecular weight is 926 g/mol. The maximum Gasteiger partial charge on any atom is 0.306 e. The summed E-state index contributed by atoms with van der Waals surface area (Å²) < 4.78 is 17.5. The zero-order valence-electron chi connectivity index (χ0n) is 44.5. The molecule has 1 atom stereocenters. The second-order valence-electron chi connectivity index (χ2n) is 19.5. The number of hydrogen-bond donors (Lipinski definition) is 0. The third kappa shape index (κ3) is 54.5. The van der Waals surface area contributed by atoms with Crippen LogP contribution in [-0.2, 0) is 23.8 Å². The molecule has 0 amide bonds. The summed E-state index contributed by atoms with van der Waals surface area (Å²) in [6.07, 6.45) is 71.4. The van der Waals surface area contributed by atoms with E-state index in [-0.39, 0.29) is 25.2 Å². The van der Waals surface area contributed by atoms with E-state index in [4.69, 9.17) is 14.2 Å². The first-order chi connectivity index (χ1) is 32.6. The molecule has 0 aromatic rings. The van der Waals surface area contributed by atoms with Gasteiger partial charge in [0.1, 0.15) is 6.61 Å². The van der Waals surface area contributed by atoms with Crippen molar-refractivity contribution in [3.8, 4) is 0 Å². The number of ether oxygens (including phenoxy) is 3. The first-order valence-corrected chi connectivity index (χ1v) is 29.2. The molecule has 0 bridgehead atoms. The van der Waals surface area contributed by atoms with Crippen LogP contribution in [0.25, 0.3) is 0 Å². The molecule has 0 radical (unpaired) electrons. The Hall–Kier alpha value is -2.14. The van der Waals surface area contributed by atoms with Crippen LogP contribution in [-0.4, -0.2) is 37.9 Å². The van der Waals surface area contributed by atoms with Gasteiger partial charge in [0.2, 0.25) is 0 Å². The highest BCUT2D eigenvalue weighted by molar-refractivity contribution is 5.70. The third-order valence-corrected chi connectivity index (χ3v) is 12.9. The summed E-state index contributed by atoms with van der Waals surface area (Å²) in [5.41, 5.74) is 0. The van der Waals surface area contributed by atoms with E-state index in [2.05, 4.69) is 69.4 Å². The van der Waals surface area contributed by atoms with Crippen LogP contribution in [0.2, 0.25) is 0 Å². The van der Waals surface area contributed by atoms with Crippen molar-refractivity contribution in [2.24, 2.45) is 0 Å². The quantitative estimate of drug-likeness (QED) is 0.0345. The fourth-order valence-electron chi connectivity index (χ4n) is 8.56. The van der Waals surface area contributed by atoms with Crippen molar-refractivity contribution in [2.75, 3.05) is 19.8 Å². The minimum atomic E-state index is -0.538. The second kappa shape index (κ2) is 57.2. The van der Waals surface area contributed by atoms with E-state index < -0.39 is 6.10 Å². The van der Waals surface area contributed by atoms with Gasteiger partial charge in [-0.25, -0.2) is 0 Å². The van der Waals surface area contributed by atoms with E-state index in [1.54, 1.807) is 0 Å². The summed E-state index contributed by atoms with van der Waals surface area (Å²) in [5, 5.41) is 0. The Bertz CT molecular complexity index is 1090. The van der Waals surface area contributed by atoms with Gasteiger partial charge >= 0.3 is 11.9 Å². The van der Waals surface area contributed by atoms with Gasteiger partial charge in [0.05, 0.1) is 6.61 Å². The van der Waals surface area contributed by atoms with E-state index in [1.807, 2.05) is 0 Å². The summed E-state index contributed by atoms with van der Waals surface area (Å²) >= 11 is 0. The van der Waals surface area contributed by atoms with Crippen molar-refractivity contribution in [1.29, 1.82) is 0 Å². The Kier molecular flexibility index (Phi) is 55.3. The van der Waals surface area contributed by atoms with Crippen LogP contribution in [0, 0.1) is 0 Å². The Labute approximate surface area is 412 Å². The molecule has 0 fully saturated rings. The number of unbranched alkanes of at least 4 members (excludes halogenated alkanes) is 35. The fraction of sp³-hybridized carbons (Fsp3) is 0.836. The van der Waals surface area contributed by atoms with Gasteiger partial charge in [-0.15, -0.1) is 0 Å². The minimum absolute atomic E-state index is 0.0862. The molecule has 0 saturated carbocycles. The van der Waals surface area contributed by atoms with Crippen LogP contribution in [0.15, 0.2) is 48.6 Å². The molecular formula is C61H112O5. The zero-order valence-corrected chi connectivity index (χ0v) is 44.5. The lowest BCUT2D eigenvalue weighted by Crippen LogP contribution is -2.30. The Morgan fingerprint density at radius 2 is 0.682 bits per heavy atom. The molecule has 0 aliphatic carbocycles. The largest absolute Gasteiger partial charge is 0.462 e. The van der Waals surface area contributed by atoms with Crippen LogP contribution in [0.3, 0.4) is 0 Å². The highest BCUT2D eigenvalue weighted by atomic mass is 16.6. The minimum Gasteiger partial charge on any atom is -0.462 e. The van der Waals surface area contributed by atoms with Crippen LogP contribution in [0.4, 0.5) is 0 Å². The van der Waals surface area contributed by atoms with Crippen LogP contribution in [0.5, 0.6) is 0 Å². The van der Waals surface area contributed by atoms with Crippen LogP contribution < -0.4 is 0 Å². The van der Waals surface area contributed by atoms with Gasteiger partial charge in [-0.1, -0.05) is 281 Å². The van der Waals surface area contributed by atoms with Gasteiger partial charge in [0.25, 0.3) is 0 Å². The molecule has 5 heteroatoms. The number of hydrogen-bond acceptors (Lipinski definition) is 5. The maximum absolute atomic E-state index is 12.8. The molecule has 0 heterocycles. The number of rotatable bonds is 54. The van der Waals surface area contributed by atoms with Crippen molar-refractivity contribution >= 4 is 11.9 Å². The van der Waals surface area contributed by atoms with Crippen LogP contribution in [0.1, 0.15) is 303 Å². The number of esters is 2. The molecule has 0 saturated heterocycles. The normalized spacial score (nSPS) is 12.5. The van der Waals surface area contributed by atoms with Gasteiger partial charge in [-0.2, -0.15) is 0 Å². The highest BCUT2D eigenvalue weighted by Crippen LogP contribution is 2.17. The first kappa shape index (κ1) is 63.9. The van der Waals surface area contributed by atoms with Gasteiger partial charge in [0, 0.05) is 19.4 Å². The molecule has 5 nitrogen and oxygen atoms in total. The number of carbonyl (C=O) groups is 2. The Morgan fingerprint density at radius 1 is 0.348 bits per heavy atom. The maximum atomic E-state index is 12.8. The number of carbonyl (C=O) groups excluding carboxylic acids is 2. The average Bonchev–Trinajstić information content (AvgIpc) is 3.32. The van der Waals surface area contributed by atoms with E-state index in [0.29, 0.717) is 19.4 Å². The molecule has 66 heavy (non-hydrogen) atoms. The van der Waals surface area contributed by atoms with E-state index >= 15 is 0 Å². The highest BCUT2D eigenvalue weighted by Gasteiger charge is 2.17. The summed E-state index contributed by atoms with van der Waals surface area (Å²) in [6.45, 7) is 7.74. The molecule has 0 aliphatic heterocycles. The second-order valence-corrected chi connectivity index (χ2v) is 19.5. The van der Waals surface area contributed by atoms with E-state index in [0.717, 1.165) is 64.2 Å².